The molecule has 1 aliphatic rings. The molecule has 1 rings (SSSR count). The number of carbonyl (C=O) groups is 1. The Hall–Kier alpha value is -0.570. The van der Waals surface area contributed by atoms with E-state index >= 15 is 0 Å². The fourth-order valence-corrected chi connectivity index (χ4v) is 1.77. The van der Waals surface area contributed by atoms with Crippen molar-refractivity contribution in [1.29, 1.82) is 0 Å². The molecule has 0 aromatic rings. The van der Waals surface area contributed by atoms with Gasteiger partial charge in [0.2, 0.25) is 0 Å². The average molecular weight is 172 g/mol. The van der Waals surface area contributed by atoms with Gasteiger partial charge in [0.25, 0.3) is 0 Å². The molecule has 0 aromatic carbocycles. The van der Waals surface area contributed by atoms with Gasteiger partial charge in [-0.2, -0.15) is 5.26 Å². The van der Waals surface area contributed by atoms with Crippen LogP contribution in [0.1, 0.15) is 44.9 Å². The Morgan fingerprint density at radius 1 is 1.08 bits per heavy atom. The molecular weight excluding hydrogens is 156 g/mol. The lowest BCUT2D eigenvalue weighted by Crippen LogP contribution is -2.17. The van der Waals surface area contributed by atoms with E-state index < -0.39 is 5.97 Å². The van der Waals surface area contributed by atoms with Gasteiger partial charge >= 0.3 is 5.97 Å². The summed E-state index contributed by atoms with van der Waals surface area (Å²) in [6, 6.07) is 0. The van der Waals surface area contributed by atoms with Gasteiger partial charge in [-0.25, -0.2) is 4.79 Å². The summed E-state index contributed by atoms with van der Waals surface area (Å²) in [6.45, 7) is 0. The van der Waals surface area contributed by atoms with E-state index in [0.29, 0.717) is 0 Å². The SMILES string of the molecule is O=C(OO)C1CCCCCCC1. The monoisotopic (exact) mass is 172 g/mol. The maximum absolute atomic E-state index is 11.0. The van der Waals surface area contributed by atoms with E-state index in [4.69, 9.17) is 5.26 Å². The molecule has 0 aliphatic heterocycles. The molecule has 70 valence electrons. The van der Waals surface area contributed by atoms with E-state index in [1.165, 1.54) is 19.3 Å². The Bertz CT molecular complexity index is 137. The van der Waals surface area contributed by atoms with Gasteiger partial charge in [-0.1, -0.05) is 32.1 Å². The third-order valence-corrected chi connectivity index (χ3v) is 2.53. The molecule has 1 N–H and O–H groups in total. The van der Waals surface area contributed by atoms with Gasteiger partial charge in [0.1, 0.15) is 0 Å². The molecular formula is C9H16O3. The standard InChI is InChI=1S/C9H16O3/c10-9(12-11)8-6-4-2-1-3-5-7-8/h8,11H,1-7H2. The molecule has 0 atom stereocenters. The minimum Gasteiger partial charge on any atom is -0.301 e. The molecule has 0 radical (unpaired) electrons. The maximum atomic E-state index is 11.0. The van der Waals surface area contributed by atoms with Gasteiger partial charge in [0.05, 0.1) is 5.92 Å². The van der Waals surface area contributed by atoms with Crippen molar-refractivity contribution in [2.24, 2.45) is 5.92 Å². The van der Waals surface area contributed by atoms with Crippen molar-refractivity contribution in [2.75, 3.05) is 0 Å². The van der Waals surface area contributed by atoms with Crippen LogP contribution in [-0.4, -0.2) is 11.2 Å². The molecule has 3 nitrogen and oxygen atoms in total. The summed E-state index contributed by atoms with van der Waals surface area (Å²) in [7, 11) is 0. The third kappa shape index (κ3) is 2.81. The quantitative estimate of drug-likeness (QED) is 0.488. The van der Waals surface area contributed by atoms with Crippen molar-refractivity contribution in [3.8, 4) is 0 Å². The molecule has 0 saturated heterocycles. The van der Waals surface area contributed by atoms with Crippen molar-refractivity contribution in [3.05, 3.63) is 0 Å². The van der Waals surface area contributed by atoms with Crippen LogP contribution in [0.15, 0.2) is 0 Å². The summed E-state index contributed by atoms with van der Waals surface area (Å²) >= 11 is 0. The van der Waals surface area contributed by atoms with Crippen molar-refractivity contribution in [2.45, 2.75) is 44.9 Å². The smallest absolute Gasteiger partial charge is 0.301 e. The van der Waals surface area contributed by atoms with Gasteiger partial charge in [-0.05, 0) is 12.8 Å². The highest BCUT2D eigenvalue weighted by Crippen LogP contribution is 2.22. The Labute approximate surface area is 72.7 Å². The first-order chi connectivity index (χ1) is 5.84. The third-order valence-electron chi connectivity index (χ3n) is 2.53. The summed E-state index contributed by atoms with van der Waals surface area (Å²) in [5, 5.41) is 8.20. The lowest BCUT2D eigenvalue weighted by Gasteiger charge is -2.15. The normalized spacial score (nSPS) is 21.1. The van der Waals surface area contributed by atoms with Crippen LogP contribution in [0.3, 0.4) is 0 Å². The fourth-order valence-electron chi connectivity index (χ4n) is 1.77. The molecule has 1 fully saturated rings. The second-order valence-corrected chi connectivity index (χ2v) is 3.45. The Balaban J connectivity index is 2.34. The lowest BCUT2D eigenvalue weighted by atomic mass is 9.91. The number of rotatable bonds is 1. The largest absolute Gasteiger partial charge is 0.345 e. The second-order valence-electron chi connectivity index (χ2n) is 3.45. The highest BCUT2D eigenvalue weighted by molar-refractivity contribution is 5.71. The van der Waals surface area contributed by atoms with Crippen LogP contribution >= 0.6 is 0 Å². The number of carbonyl (C=O) groups excluding carboxylic acids is 1. The first-order valence-electron chi connectivity index (χ1n) is 4.70. The predicted octanol–water partition coefficient (Wildman–Crippen LogP) is 2.36. The molecule has 12 heavy (non-hydrogen) atoms. The average Bonchev–Trinajstić information content (AvgIpc) is 2.02. The minimum atomic E-state index is -0.447. The molecule has 0 spiro atoms. The molecule has 0 bridgehead atoms. The molecule has 0 aromatic heterocycles. The molecule has 3 heteroatoms. The zero-order valence-electron chi connectivity index (χ0n) is 7.29. The van der Waals surface area contributed by atoms with Crippen LogP contribution in [0.4, 0.5) is 0 Å². The molecule has 0 heterocycles. The fraction of sp³-hybridized carbons (Fsp3) is 0.889. The van der Waals surface area contributed by atoms with E-state index in [-0.39, 0.29) is 5.92 Å². The van der Waals surface area contributed by atoms with Gasteiger partial charge in [0.15, 0.2) is 0 Å². The summed E-state index contributed by atoms with van der Waals surface area (Å²) in [4.78, 5) is 14.7. The van der Waals surface area contributed by atoms with E-state index in [1.54, 1.807) is 0 Å². The number of hydrogen-bond acceptors (Lipinski definition) is 3. The van der Waals surface area contributed by atoms with E-state index in [9.17, 15) is 4.79 Å². The zero-order chi connectivity index (χ0) is 8.81. The van der Waals surface area contributed by atoms with Crippen molar-refractivity contribution in [1.82, 2.24) is 0 Å². The molecule has 1 saturated carbocycles. The molecule has 1 aliphatic carbocycles. The van der Waals surface area contributed by atoms with Crippen LogP contribution in [0.5, 0.6) is 0 Å². The van der Waals surface area contributed by atoms with Gasteiger partial charge < -0.3 is 4.89 Å². The second kappa shape index (κ2) is 5.14. The van der Waals surface area contributed by atoms with Crippen LogP contribution in [0.25, 0.3) is 0 Å². The van der Waals surface area contributed by atoms with Crippen LogP contribution < -0.4 is 0 Å². The Morgan fingerprint density at radius 3 is 2.08 bits per heavy atom. The number of hydrogen-bond donors (Lipinski definition) is 1. The topological polar surface area (TPSA) is 46.5 Å². The summed E-state index contributed by atoms with van der Waals surface area (Å²) < 4.78 is 0. The van der Waals surface area contributed by atoms with Gasteiger partial charge in [0, 0.05) is 0 Å². The van der Waals surface area contributed by atoms with E-state index in [2.05, 4.69) is 4.89 Å². The zero-order valence-corrected chi connectivity index (χ0v) is 7.29. The van der Waals surface area contributed by atoms with E-state index in [0.717, 1.165) is 25.7 Å². The first kappa shape index (κ1) is 9.52. The summed E-state index contributed by atoms with van der Waals surface area (Å²) in [5.74, 6) is -0.507. The van der Waals surface area contributed by atoms with Crippen molar-refractivity contribution >= 4 is 5.97 Å². The highest BCUT2D eigenvalue weighted by Gasteiger charge is 2.20. The van der Waals surface area contributed by atoms with Crippen molar-refractivity contribution in [3.63, 3.8) is 0 Å². The summed E-state index contributed by atoms with van der Waals surface area (Å²) in [6.07, 6.45) is 7.60. The van der Waals surface area contributed by atoms with Gasteiger partial charge in [-0.3, -0.25) is 0 Å². The van der Waals surface area contributed by atoms with Crippen LogP contribution in [0, 0.1) is 5.92 Å². The van der Waals surface area contributed by atoms with Crippen LogP contribution in [0.2, 0.25) is 0 Å². The van der Waals surface area contributed by atoms with Crippen LogP contribution in [-0.2, 0) is 9.68 Å². The van der Waals surface area contributed by atoms with Gasteiger partial charge in [-0.15, -0.1) is 0 Å². The highest BCUT2D eigenvalue weighted by atomic mass is 17.1. The van der Waals surface area contributed by atoms with E-state index in [1.807, 2.05) is 0 Å². The minimum absolute atomic E-state index is 0.0599. The molecule has 0 unspecified atom stereocenters. The Kier molecular flexibility index (Phi) is 4.08. The van der Waals surface area contributed by atoms with Crippen molar-refractivity contribution < 1.29 is 14.9 Å². The molecule has 0 amide bonds. The first-order valence-corrected chi connectivity index (χ1v) is 4.70. The Morgan fingerprint density at radius 2 is 1.58 bits per heavy atom. The maximum Gasteiger partial charge on any atom is 0.345 e. The predicted molar refractivity (Wildman–Crippen MR) is 44.5 cm³/mol. The summed E-state index contributed by atoms with van der Waals surface area (Å²) in [5.41, 5.74) is 0. The lowest BCUT2D eigenvalue weighted by molar-refractivity contribution is -0.239.